The number of imidazole rings is 1. The van der Waals surface area contributed by atoms with E-state index in [2.05, 4.69) is 4.98 Å². The maximum absolute atomic E-state index is 13.5. The largest absolute Gasteiger partial charge is 0.503 e. The highest BCUT2D eigenvalue weighted by Gasteiger charge is 2.40. The lowest BCUT2D eigenvalue weighted by Crippen LogP contribution is -2.41. The van der Waals surface area contributed by atoms with Crippen LogP contribution in [0.3, 0.4) is 0 Å². The first kappa shape index (κ1) is 13.3. The van der Waals surface area contributed by atoms with Crippen molar-refractivity contribution in [3.05, 3.63) is 54.9 Å². The molecule has 0 bridgehead atoms. The number of nitrogens with zero attached hydrogens (tertiary/aromatic N) is 3. The van der Waals surface area contributed by atoms with Gasteiger partial charge in [0.15, 0.2) is 0 Å². The van der Waals surface area contributed by atoms with Crippen LogP contribution in [-0.4, -0.2) is 16.0 Å². The van der Waals surface area contributed by atoms with Gasteiger partial charge in [-0.25, -0.2) is 9.66 Å². The topological polar surface area (TPSA) is 47.1 Å². The van der Waals surface area contributed by atoms with E-state index >= 15 is 0 Å². The number of alkyl halides is 3. The summed E-state index contributed by atoms with van der Waals surface area (Å²) in [5, 5.41) is 0.207. The first-order valence-electron chi connectivity index (χ1n) is 6.12. The molecule has 0 radical (unpaired) electrons. The summed E-state index contributed by atoms with van der Waals surface area (Å²) in [6, 6.07) is 12.2. The second-order valence-corrected chi connectivity index (χ2v) is 4.45. The van der Waals surface area contributed by atoms with Crippen LogP contribution >= 0.6 is 0 Å². The normalized spacial score (nSPS) is 11.8. The highest BCUT2D eigenvalue weighted by atomic mass is 19.4. The molecule has 0 spiro atoms. The zero-order valence-corrected chi connectivity index (χ0v) is 10.7. The Morgan fingerprint density at radius 3 is 2.52 bits per heavy atom. The Morgan fingerprint density at radius 1 is 1.05 bits per heavy atom. The molecule has 0 amide bonds. The van der Waals surface area contributed by atoms with Crippen molar-refractivity contribution in [1.29, 1.82) is 0 Å². The quantitative estimate of drug-likeness (QED) is 0.581. The molecule has 0 atom stereocenters. The maximum atomic E-state index is 13.5. The number of nitrogens with two attached hydrogens (primary N) is 1. The monoisotopic (exact) mass is 292 g/mol. The van der Waals surface area contributed by atoms with Gasteiger partial charge in [-0.2, -0.15) is 5.01 Å². The van der Waals surface area contributed by atoms with E-state index in [0.29, 0.717) is 11.0 Å². The SMILES string of the molecule is Nc1cccc(N(n2cnc3ccccc32)C(F)(F)F)c1. The molecule has 0 aliphatic rings. The maximum Gasteiger partial charge on any atom is 0.503 e. The predicted molar refractivity (Wildman–Crippen MR) is 74.5 cm³/mol. The molecule has 0 saturated heterocycles. The van der Waals surface area contributed by atoms with Crippen LogP contribution in [0.2, 0.25) is 0 Å². The fourth-order valence-corrected chi connectivity index (χ4v) is 2.16. The Labute approximate surface area is 118 Å². The molecule has 0 saturated carbocycles. The van der Waals surface area contributed by atoms with Crippen molar-refractivity contribution in [2.24, 2.45) is 0 Å². The molecule has 0 aliphatic heterocycles. The van der Waals surface area contributed by atoms with Gasteiger partial charge in [0.25, 0.3) is 0 Å². The molecule has 7 heteroatoms. The van der Waals surface area contributed by atoms with E-state index < -0.39 is 6.30 Å². The lowest BCUT2D eigenvalue weighted by Gasteiger charge is -2.28. The average molecular weight is 292 g/mol. The van der Waals surface area contributed by atoms with E-state index in [1.807, 2.05) is 0 Å². The summed E-state index contributed by atoms with van der Waals surface area (Å²) in [5.74, 6) is 0. The first-order valence-corrected chi connectivity index (χ1v) is 6.12. The van der Waals surface area contributed by atoms with Crippen molar-refractivity contribution in [1.82, 2.24) is 9.66 Å². The third-order valence-electron chi connectivity index (χ3n) is 3.01. The van der Waals surface area contributed by atoms with Crippen molar-refractivity contribution in [3.63, 3.8) is 0 Å². The Morgan fingerprint density at radius 2 is 1.81 bits per heavy atom. The van der Waals surface area contributed by atoms with Gasteiger partial charge < -0.3 is 5.73 Å². The van der Waals surface area contributed by atoms with Gasteiger partial charge in [-0.05, 0) is 30.3 Å². The first-order chi connectivity index (χ1) is 9.97. The van der Waals surface area contributed by atoms with Crippen molar-refractivity contribution in [2.75, 3.05) is 10.7 Å². The molecule has 4 nitrogen and oxygen atoms in total. The van der Waals surface area contributed by atoms with Gasteiger partial charge in [0.05, 0.1) is 16.7 Å². The molecule has 0 aliphatic carbocycles. The molecule has 1 aromatic heterocycles. The van der Waals surface area contributed by atoms with Gasteiger partial charge in [0, 0.05) is 5.69 Å². The molecule has 3 rings (SSSR count). The third kappa shape index (κ3) is 2.37. The molecule has 2 aromatic carbocycles. The summed E-state index contributed by atoms with van der Waals surface area (Å²) in [4.78, 5) is 3.99. The van der Waals surface area contributed by atoms with Crippen LogP contribution in [0, 0.1) is 0 Å². The minimum atomic E-state index is -4.61. The third-order valence-corrected chi connectivity index (χ3v) is 3.01. The lowest BCUT2D eigenvalue weighted by molar-refractivity contribution is -0.135. The molecule has 0 fully saturated rings. The summed E-state index contributed by atoms with van der Waals surface area (Å²) >= 11 is 0. The van der Waals surface area contributed by atoms with Crippen LogP contribution in [0.15, 0.2) is 54.9 Å². The number of hydrogen-bond acceptors (Lipinski definition) is 3. The molecule has 0 unspecified atom stereocenters. The van der Waals surface area contributed by atoms with E-state index in [0.717, 1.165) is 11.0 Å². The lowest BCUT2D eigenvalue weighted by atomic mass is 10.3. The second kappa shape index (κ2) is 4.69. The Kier molecular flexibility index (Phi) is 2.97. The summed E-state index contributed by atoms with van der Waals surface area (Å²) in [7, 11) is 0. The molecule has 3 aromatic rings. The van der Waals surface area contributed by atoms with E-state index in [-0.39, 0.29) is 16.4 Å². The number of hydrogen-bond donors (Lipinski definition) is 1. The molecule has 21 heavy (non-hydrogen) atoms. The van der Waals surface area contributed by atoms with Gasteiger partial charge in [-0.3, -0.25) is 0 Å². The Hall–Kier alpha value is -2.70. The average Bonchev–Trinajstić information content (AvgIpc) is 2.82. The van der Waals surface area contributed by atoms with E-state index in [1.165, 1.54) is 24.3 Å². The van der Waals surface area contributed by atoms with Gasteiger partial charge in [-0.1, -0.05) is 18.2 Å². The zero-order chi connectivity index (χ0) is 15.0. The van der Waals surface area contributed by atoms with Crippen molar-refractivity contribution in [2.45, 2.75) is 6.30 Å². The molecular weight excluding hydrogens is 281 g/mol. The van der Waals surface area contributed by atoms with Gasteiger partial charge in [-0.15, -0.1) is 13.2 Å². The Bertz CT molecular complexity index is 779. The number of aromatic nitrogens is 2. The van der Waals surface area contributed by atoms with Crippen molar-refractivity contribution >= 4 is 22.4 Å². The van der Waals surface area contributed by atoms with E-state index in [4.69, 9.17) is 5.73 Å². The van der Waals surface area contributed by atoms with Gasteiger partial charge >= 0.3 is 6.30 Å². The molecular formula is C14H11F3N4. The van der Waals surface area contributed by atoms with Crippen LogP contribution in [-0.2, 0) is 0 Å². The number of fused-ring (bicyclic) bond motifs is 1. The van der Waals surface area contributed by atoms with Crippen LogP contribution < -0.4 is 10.7 Å². The minimum Gasteiger partial charge on any atom is -0.399 e. The number of nitrogen functional groups attached to an aromatic ring is 1. The zero-order valence-electron chi connectivity index (χ0n) is 10.7. The van der Waals surface area contributed by atoms with Crippen LogP contribution in [0.25, 0.3) is 11.0 Å². The van der Waals surface area contributed by atoms with Crippen LogP contribution in [0.1, 0.15) is 0 Å². The Balaban J connectivity index is 2.21. The fraction of sp³-hybridized carbons (Fsp3) is 0.0714. The summed E-state index contributed by atoms with van der Waals surface area (Å²) in [5.41, 5.74) is 6.61. The van der Waals surface area contributed by atoms with Crippen LogP contribution in [0.5, 0.6) is 0 Å². The number of halogens is 3. The highest BCUT2D eigenvalue weighted by molar-refractivity contribution is 5.76. The number of rotatable bonds is 2. The summed E-state index contributed by atoms with van der Waals surface area (Å²) in [6.07, 6.45) is -3.47. The molecule has 1 heterocycles. The van der Waals surface area contributed by atoms with E-state index in [1.54, 1.807) is 24.3 Å². The van der Waals surface area contributed by atoms with E-state index in [9.17, 15) is 13.2 Å². The van der Waals surface area contributed by atoms with Crippen molar-refractivity contribution < 1.29 is 13.2 Å². The number of anilines is 2. The number of para-hydroxylation sites is 2. The molecule has 2 N–H and O–H groups in total. The highest BCUT2D eigenvalue weighted by Crippen LogP contribution is 2.31. The van der Waals surface area contributed by atoms with Gasteiger partial charge in [0.1, 0.15) is 6.33 Å². The smallest absolute Gasteiger partial charge is 0.399 e. The second-order valence-electron chi connectivity index (χ2n) is 4.45. The fourth-order valence-electron chi connectivity index (χ4n) is 2.16. The van der Waals surface area contributed by atoms with Gasteiger partial charge in [0.2, 0.25) is 0 Å². The minimum absolute atomic E-state index is 0.0781. The summed E-state index contributed by atoms with van der Waals surface area (Å²) in [6.45, 7) is 0. The molecule has 108 valence electrons. The number of benzene rings is 2. The van der Waals surface area contributed by atoms with Crippen LogP contribution in [0.4, 0.5) is 24.5 Å². The standard InChI is InChI=1S/C14H11F3N4/c15-14(16,17)21(11-5-3-4-10(18)8-11)20-9-19-12-6-1-2-7-13(12)20/h1-9H,18H2. The predicted octanol–water partition coefficient (Wildman–Crippen LogP) is 3.41. The van der Waals surface area contributed by atoms with Crippen molar-refractivity contribution in [3.8, 4) is 0 Å². The summed E-state index contributed by atoms with van der Waals surface area (Å²) < 4.78 is 41.4.